The molecule has 1 aromatic heterocycles. The second-order valence-electron chi connectivity index (χ2n) is 8.87. The number of halogens is 7. The Labute approximate surface area is 223 Å². The van der Waals surface area contributed by atoms with Crippen LogP contribution in [0.25, 0.3) is 0 Å². The van der Waals surface area contributed by atoms with E-state index in [0.29, 0.717) is 17.7 Å². The summed E-state index contributed by atoms with van der Waals surface area (Å²) >= 11 is 0. The number of aryl methyl sites for hydroxylation is 1. The van der Waals surface area contributed by atoms with Gasteiger partial charge in [0.2, 0.25) is 11.8 Å². The number of hydrogen-bond acceptors (Lipinski definition) is 4. The first kappa shape index (κ1) is 28.5. The third-order valence-corrected chi connectivity index (χ3v) is 6.08. The molecule has 2 amide bonds. The van der Waals surface area contributed by atoms with Gasteiger partial charge in [0.1, 0.15) is 11.5 Å². The van der Waals surface area contributed by atoms with Crippen LogP contribution in [0.4, 0.5) is 42.2 Å². The zero-order valence-electron chi connectivity index (χ0n) is 20.6. The lowest BCUT2D eigenvalue weighted by atomic mass is 9.88. The molecule has 2 aromatic carbocycles. The van der Waals surface area contributed by atoms with Crippen LogP contribution in [0.15, 0.2) is 48.5 Å². The first-order chi connectivity index (χ1) is 18.7. The summed E-state index contributed by atoms with van der Waals surface area (Å²) < 4.78 is 95.3. The molecule has 4 rings (SSSR count). The number of alkyl halides is 6. The number of anilines is 2. The van der Waals surface area contributed by atoms with Gasteiger partial charge in [0, 0.05) is 12.6 Å². The zero-order valence-corrected chi connectivity index (χ0v) is 20.6. The van der Waals surface area contributed by atoms with Crippen molar-refractivity contribution in [3.63, 3.8) is 0 Å². The Kier molecular flexibility index (Phi) is 7.81. The number of benzene rings is 2. The molecule has 0 saturated heterocycles. The van der Waals surface area contributed by atoms with Crippen molar-refractivity contribution in [1.29, 1.82) is 0 Å². The van der Waals surface area contributed by atoms with Gasteiger partial charge in [0.15, 0.2) is 5.82 Å². The summed E-state index contributed by atoms with van der Waals surface area (Å²) in [5, 5.41) is 10.0. The predicted molar refractivity (Wildman–Crippen MR) is 129 cm³/mol. The lowest BCUT2D eigenvalue weighted by Crippen LogP contribution is -2.35. The first-order valence-electron chi connectivity index (χ1n) is 11.7. The number of hydrogen-bond donors (Lipinski definition) is 1. The van der Waals surface area contributed by atoms with Gasteiger partial charge in [-0.3, -0.25) is 14.5 Å². The van der Waals surface area contributed by atoms with Gasteiger partial charge in [-0.05, 0) is 72.4 Å². The standard InChI is InChI=1S/C27H19F7N4O2/c1-15(39)35-24-11-7-19(36-37-24)3-2-12-38-23-10-6-18(28)13-16(23)4-8-21(25(38)40)20-9-5-17(26(29,30)31)14-22(20)27(32,33)34/h5-7,9-11,13-14,21H,4,8,12H2,1H3,(H,35,37,39). The van der Waals surface area contributed by atoms with Crippen LogP contribution in [-0.2, 0) is 28.4 Å². The van der Waals surface area contributed by atoms with Gasteiger partial charge < -0.3 is 5.32 Å². The molecule has 6 nitrogen and oxygen atoms in total. The third-order valence-electron chi connectivity index (χ3n) is 6.08. The second-order valence-corrected chi connectivity index (χ2v) is 8.87. The largest absolute Gasteiger partial charge is 0.416 e. The molecule has 1 aliphatic heterocycles. The number of aromatic nitrogens is 2. The summed E-state index contributed by atoms with van der Waals surface area (Å²) in [5.41, 5.74) is -2.97. The van der Waals surface area contributed by atoms with Gasteiger partial charge in [0.05, 0.1) is 23.6 Å². The normalized spacial score (nSPS) is 15.6. The maximum atomic E-state index is 14.0. The number of nitrogens with zero attached hydrogens (tertiary/aromatic N) is 3. The van der Waals surface area contributed by atoms with Gasteiger partial charge in [-0.25, -0.2) is 4.39 Å². The fourth-order valence-corrected chi connectivity index (χ4v) is 4.34. The quantitative estimate of drug-likeness (QED) is 0.326. The molecule has 1 N–H and O–H groups in total. The second kappa shape index (κ2) is 11.0. The van der Waals surface area contributed by atoms with Gasteiger partial charge in [-0.2, -0.15) is 26.3 Å². The Balaban J connectivity index is 1.72. The minimum atomic E-state index is -5.17. The van der Waals surface area contributed by atoms with Crippen molar-refractivity contribution in [1.82, 2.24) is 10.2 Å². The highest BCUT2D eigenvalue weighted by Crippen LogP contribution is 2.42. The summed E-state index contributed by atoms with van der Waals surface area (Å²) in [7, 11) is 0. The van der Waals surface area contributed by atoms with E-state index in [0.717, 1.165) is 17.0 Å². The summed E-state index contributed by atoms with van der Waals surface area (Å²) in [4.78, 5) is 25.8. The number of rotatable bonds is 3. The highest BCUT2D eigenvalue weighted by atomic mass is 19.4. The molecule has 0 aliphatic carbocycles. The first-order valence-corrected chi connectivity index (χ1v) is 11.7. The van der Waals surface area contributed by atoms with Crippen molar-refractivity contribution >= 4 is 23.3 Å². The van der Waals surface area contributed by atoms with Crippen molar-refractivity contribution in [3.05, 3.63) is 82.3 Å². The molecule has 1 aliphatic rings. The number of amides is 2. The van der Waals surface area contributed by atoms with Crippen molar-refractivity contribution < 1.29 is 40.3 Å². The minimum Gasteiger partial charge on any atom is -0.309 e. The van der Waals surface area contributed by atoms with Crippen LogP contribution < -0.4 is 10.2 Å². The molecule has 0 bridgehead atoms. The Hall–Kier alpha value is -4.47. The fourth-order valence-electron chi connectivity index (χ4n) is 4.34. The monoisotopic (exact) mass is 564 g/mol. The molecule has 1 atom stereocenters. The fraction of sp³-hybridized carbons (Fsp3) is 0.259. The maximum Gasteiger partial charge on any atom is 0.416 e. The number of carbonyl (C=O) groups is 2. The molecule has 3 aromatic rings. The van der Waals surface area contributed by atoms with Gasteiger partial charge in [0.25, 0.3) is 0 Å². The molecule has 0 fully saturated rings. The molecule has 0 saturated carbocycles. The topological polar surface area (TPSA) is 75.2 Å². The smallest absolute Gasteiger partial charge is 0.309 e. The molecule has 208 valence electrons. The molecule has 13 heteroatoms. The zero-order chi connectivity index (χ0) is 29.2. The lowest BCUT2D eigenvalue weighted by molar-refractivity contribution is -0.143. The van der Waals surface area contributed by atoms with E-state index in [1.54, 1.807) is 0 Å². The van der Waals surface area contributed by atoms with Crippen LogP contribution in [0, 0.1) is 17.7 Å². The molecular formula is C27H19F7N4O2. The van der Waals surface area contributed by atoms with Crippen molar-refractivity contribution in [2.24, 2.45) is 0 Å². The summed E-state index contributed by atoms with van der Waals surface area (Å²) in [6, 6.07) is 7.57. The van der Waals surface area contributed by atoms with E-state index in [2.05, 4.69) is 27.4 Å². The molecule has 0 spiro atoms. The average Bonchev–Trinajstić information content (AvgIpc) is 2.99. The summed E-state index contributed by atoms with van der Waals surface area (Å²) in [6.45, 7) is 0.942. The molecular weight excluding hydrogens is 545 g/mol. The van der Waals surface area contributed by atoms with E-state index in [1.807, 2.05) is 0 Å². The van der Waals surface area contributed by atoms with Gasteiger partial charge in [-0.1, -0.05) is 12.0 Å². The van der Waals surface area contributed by atoms with E-state index in [4.69, 9.17) is 0 Å². The van der Waals surface area contributed by atoms with E-state index >= 15 is 0 Å². The predicted octanol–water partition coefficient (Wildman–Crippen LogP) is 5.73. The van der Waals surface area contributed by atoms with Crippen molar-refractivity contribution in [2.45, 2.75) is 38.0 Å². The van der Waals surface area contributed by atoms with Crippen LogP contribution in [0.3, 0.4) is 0 Å². The highest BCUT2D eigenvalue weighted by molar-refractivity contribution is 6.00. The molecule has 40 heavy (non-hydrogen) atoms. The Bertz CT molecular complexity index is 1510. The Morgan fingerprint density at radius 2 is 1.77 bits per heavy atom. The van der Waals surface area contributed by atoms with Crippen LogP contribution in [-0.4, -0.2) is 28.6 Å². The van der Waals surface area contributed by atoms with Crippen LogP contribution in [0.1, 0.15) is 47.2 Å². The SMILES string of the molecule is CC(=O)Nc1ccc(C#CCN2C(=O)C(c3ccc(C(F)(F)F)cc3C(F)(F)F)CCc3cc(F)ccc32)nn1. The summed E-state index contributed by atoms with van der Waals surface area (Å²) in [5.74, 6) is 2.22. The summed E-state index contributed by atoms with van der Waals surface area (Å²) in [6.07, 6.45) is -10.4. The Morgan fingerprint density at radius 1 is 1.02 bits per heavy atom. The van der Waals surface area contributed by atoms with Gasteiger partial charge in [-0.15, -0.1) is 10.2 Å². The Morgan fingerprint density at radius 3 is 2.40 bits per heavy atom. The van der Waals surface area contributed by atoms with Crippen LogP contribution in [0.5, 0.6) is 0 Å². The van der Waals surface area contributed by atoms with E-state index in [-0.39, 0.29) is 48.6 Å². The van der Waals surface area contributed by atoms with E-state index in [1.165, 1.54) is 25.1 Å². The van der Waals surface area contributed by atoms with E-state index < -0.39 is 46.7 Å². The van der Waals surface area contributed by atoms with Crippen LogP contribution in [0.2, 0.25) is 0 Å². The minimum absolute atomic E-state index is 0.00619. The average molecular weight is 564 g/mol. The maximum absolute atomic E-state index is 14.0. The molecule has 1 unspecified atom stereocenters. The number of nitrogens with one attached hydrogen (secondary N) is 1. The molecule has 2 heterocycles. The van der Waals surface area contributed by atoms with E-state index in [9.17, 15) is 40.3 Å². The highest BCUT2D eigenvalue weighted by Gasteiger charge is 2.42. The van der Waals surface area contributed by atoms with Crippen molar-refractivity contribution in [3.8, 4) is 11.8 Å². The number of carbonyl (C=O) groups excluding carboxylic acids is 2. The number of fused-ring (bicyclic) bond motifs is 1. The third kappa shape index (κ3) is 6.39. The van der Waals surface area contributed by atoms with Gasteiger partial charge >= 0.3 is 12.4 Å². The molecule has 0 radical (unpaired) electrons. The lowest BCUT2D eigenvalue weighted by Gasteiger charge is -2.26. The van der Waals surface area contributed by atoms with Crippen molar-refractivity contribution in [2.75, 3.05) is 16.8 Å². The van der Waals surface area contributed by atoms with Crippen LogP contribution >= 0.6 is 0 Å².